The Morgan fingerprint density at radius 2 is 2.29 bits per heavy atom. The van der Waals surface area contributed by atoms with Crippen molar-refractivity contribution >= 4 is 16.1 Å². The van der Waals surface area contributed by atoms with E-state index in [4.69, 9.17) is 5.14 Å². The SMILES string of the molecule is CCn1cccc1C(=O)N1CCCC(CNS(N)(=O)=O)C1. The number of aryl methyl sites for hydroxylation is 1. The molecule has 0 bridgehead atoms. The summed E-state index contributed by atoms with van der Waals surface area (Å²) in [6, 6.07) is 3.68. The number of aromatic nitrogens is 1. The molecule has 2 rings (SSSR count). The van der Waals surface area contributed by atoms with Gasteiger partial charge in [-0.3, -0.25) is 4.79 Å². The zero-order valence-corrected chi connectivity index (χ0v) is 13.0. The molecule has 1 atom stereocenters. The van der Waals surface area contributed by atoms with Gasteiger partial charge in [0, 0.05) is 32.4 Å². The number of hydrogen-bond acceptors (Lipinski definition) is 3. The quantitative estimate of drug-likeness (QED) is 0.809. The summed E-state index contributed by atoms with van der Waals surface area (Å²) in [7, 11) is -3.67. The van der Waals surface area contributed by atoms with E-state index < -0.39 is 10.2 Å². The molecule has 1 amide bonds. The highest BCUT2D eigenvalue weighted by Crippen LogP contribution is 2.18. The van der Waals surface area contributed by atoms with Crippen molar-refractivity contribution in [3.63, 3.8) is 0 Å². The van der Waals surface area contributed by atoms with E-state index in [9.17, 15) is 13.2 Å². The molecule has 1 saturated heterocycles. The van der Waals surface area contributed by atoms with Crippen LogP contribution in [0.3, 0.4) is 0 Å². The molecule has 1 aromatic heterocycles. The molecule has 7 nitrogen and oxygen atoms in total. The van der Waals surface area contributed by atoms with Crippen molar-refractivity contribution in [2.45, 2.75) is 26.3 Å². The van der Waals surface area contributed by atoms with Gasteiger partial charge in [0.1, 0.15) is 5.69 Å². The molecule has 0 saturated carbocycles. The third-order valence-corrected chi connectivity index (χ3v) is 4.34. The maximum Gasteiger partial charge on any atom is 0.274 e. The first-order chi connectivity index (χ1) is 9.90. The Hall–Kier alpha value is -1.38. The second-order valence-corrected chi connectivity index (χ2v) is 6.71. The van der Waals surface area contributed by atoms with Crippen LogP contribution in [0.4, 0.5) is 0 Å². The highest BCUT2D eigenvalue weighted by molar-refractivity contribution is 7.87. The van der Waals surface area contributed by atoms with Gasteiger partial charge in [-0.2, -0.15) is 8.42 Å². The third-order valence-electron chi connectivity index (χ3n) is 3.77. The summed E-state index contributed by atoms with van der Waals surface area (Å²) in [6.45, 7) is 4.28. The van der Waals surface area contributed by atoms with Gasteiger partial charge in [-0.05, 0) is 37.8 Å². The molecule has 0 aromatic carbocycles. The van der Waals surface area contributed by atoms with Gasteiger partial charge in [0.15, 0.2) is 0 Å². The molecule has 1 aromatic rings. The molecule has 0 aliphatic carbocycles. The molecule has 0 spiro atoms. The Bertz CT molecular complexity index is 596. The van der Waals surface area contributed by atoms with E-state index >= 15 is 0 Å². The van der Waals surface area contributed by atoms with Crippen LogP contribution in [0.1, 0.15) is 30.3 Å². The Balaban J connectivity index is 1.99. The van der Waals surface area contributed by atoms with Crippen molar-refractivity contribution in [2.24, 2.45) is 11.1 Å². The van der Waals surface area contributed by atoms with Gasteiger partial charge < -0.3 is 9.47 Å². The van der Waals surface area contributed by atoms with Crippen LogP contribution in [0, 0.1) is 5.92 Å². The van der Waals surface area contributed by atoms with Crippen molar-refractivity contribution in [1.29, 1.82) is 0 Å². The fourth-order valence-electron chi connectivity index (χ4n) is 2.70. The number of nitrogens with one attached hydrogen (secondary N) is 1. The van der Waals surface area contributed by atoms with E-state index in [1.54, 1.807) is 4.90 Å². The number of rotatable bonds is 5. The highest BCUT2D eigenvalue weighted by atomic mass is 32.2. The van der Waals surface area contributed by atoms with E-state index in [0.717, 1.165) is 19.4 Å². The molecule has 8 heteroatoms. The van der Waals surface area contributed by atoms with Crippen LogP contribution in [-0.2, 0) is 16.8 Å². The first-order valence-electron chi connectivity index (χ1n) is 7.12. The molecule has 2 heterocycles. The van der Waals surface area contributed by atoms with Gasteiger partial charge >= 0.3 is 0 Å². The van der Waals surface area contributed by atoms with E-state index in [-0.39, 0.29) is 18.4 Å². The molecule has 3 N–H and O–H groups in total. The average Bonchev–Trinajstić information content (AvgIpc) is 2.92. The predicted molar refractivity (Wildman–Crippen MR) is 79.8 cm³/mol. The number of piperidine rings is 1. The van der Waals surface area contributed by atoms with Crippen LogP contribution in [0.5, 0.6) is 0 Å². The van der Waals surface area contributed by atoms with Crippen molar-refractivity contribution in [2.75, 3.05) is 19.6 Å². The molecule has 1 unspecified atom stereocenters. The maximum atomic E-state index is 12.5. The van der Waals surface area contributed by atoms with E-state index in [0.29, 0.717) is 18.8 Å². The van der Waals surface area contributed by atoms with E-state index in [2.05, 4.69) is 4.72 Å². The fraction of sp³-hybridized carbons (Fsp3) is 0.615. The summed E-state index contributed by atoms with van der Waals surface area (Å²) in [5.41, 5.74) is 0.678. The van der Waals surface area contributed by atoms with Crippen molar-refractivity contribution in [3.8, 4) is 0 Å². The molecular formula is C13H22N4O3S. The Morgan fingerprint density at radius 1 is 1.52 bits per heavy atom. The van der Waals surface area contributed by atoms with Crippen LogP contribution >= 0.6 is 0 Å². The number of likely N-dealkylation sites (tertiary alicyclic amines) is 1. The predicted octanol–water partition coefficient (Wildman–Crippen LogP) is 0.153. The number of nitrogens with zero attached hydrogens (tertiary/aromatic N) is 2. The molecule has 1 aliphatic rings. The van der Waals surface area contributed by atoms with Crippen LogP contribution < -0.4 is 9.86 Å². The standard InChI is InChI=1S/C13H22N4O3S/c1-2-16-7-4-6-12(16)13(18)17-8-3-5-11(10-17)9-15-21(14,19)20/h4,6-7,11,15H,2-3,5,8-10H2,1H3,(H2,14,19,20). The van der Waals surface area contributed by atoms with Gasteiger partial charge in [-0.25, -0.2) is 9.86 Å². The lowest BCUT2D eigenvalue weighted by Gasteiger charge is -2.32. The molecular weight excluding hydrogens is 292 g/mol. The Morgan fingerprint density at radius 3 is 2.95 bits per heavy atom. The number of carbonyl (C=O) groups excluding carboxylic acids is 1. The van der Waals surface area contributed by atoms with Crippen molar-refractivity contribution < 1.29 is 13.2 Å². The van der Waals surface area contributed by atoms with Gasteiger partial charge in [-0.1, -0.05) is 0 Å². The Kier molecular flexibility index (Phi) is 5.02. The number of amides is 1. The third kappa shape index (κ3) is 4.29. The van der Waals surface area contributed by atoms with Gasteiger partial charge in [0.2, 0.25) is 0 Å². The fourth-order valence-corrected chi connectivity index (χ4v) is 3.16. The number of nitrogens with two attached hydrogens (primary N) is 1. The largest absolute Gasteiger partial charge is 0.344 e. The zero-order chi connectivity index (χ0) is 15.5. The number of carbonyl (C=O) groups is 1. The first-order valence-corrected chi connectivity index (χ1v) is 8.67. The second kappa shape index (κ2) is 6.59. The second-order valence-electron chi connectivity index (χ2n) is 5.33. The topological polar surface area (TPSA) is 97.4 Å². The van der Waals surface area contributed by atoms with Crippen molar-refractivity contribution in [3.05, 3.63) is 24.0 Å². The van der Waals surface area contributed by atoms with Crippen molar-refractivity contribution in [1.82, 2.24) is 14.2 Å². The lowest BCUT2D eigenvalue weighted by molar-refractivity contribution is 0.0665. The van der Waals surface area contributed by atoms with Crippen LogP contribution in [-0.4, -0.2) is 43.4 Å². The van der Waals surface area contributed by atoms with Crippen LogP contribution in [0.15, 0.2) is 18.3 Å². The van der Waals surface area contributed by atoms with Gasteiger partial charge in [0.05, 0.1) is 0 Å². The summed E-state index contributed by atoms with van der Waals surface area (Å²) in [5, 5.41) is 4.94. The summed E-state index contributed by atoms with van der Waals surface area (Å²) in [4.78, 5) is 14.3. The normalized spacial score (nSPS) is 19.7. The molecule has 1 aliphatic heterocycles. The summed E-state index contributed by atoms with van der Waals surface area (Å²) in [5.74, 6) is 0.105. The number of hydrogen-bond donors (Lipinski definition) is 2. The highest BCUT2D eigenvalue weighted by Gasteiger charge is 2.26. The first kappa shape index (κ1) is 16.0. The van der Waals surface area contributed by atoms with E-state index in [1.165, 1.54) is 0 Å². The molecule has 21 heavy (non-hydrogen) atoms. The molecule has 1 fully saturated rings. The van der Waals surface area contributed by atoms with Crippen LogP contribution in [0.25, 0.3) is 0 Å². The zero-order valence-electron chi connectivity index (χ0n) is 12.2. The summed E-state index contributed by atoms with van der Waals surface area (Å²) < 4.78 is 26.1. The Labute approximate surface area is 125 Å². The molecule has 118 valence electrons. The maximum absolute atomic E-state index is 12.5. The minimum atomic E-state index is -3.67. The minimum Gasteiger partial charge on any atom is -0.344 e. The van der Waals surface area contributed by atoms with Gasteiger partial charge in [0.25, 0.3) is 16.1 Å². The van der Waals surface area contributed by atoms with E-state index in [1.807, 2.05) is 29.8 Å². The lowest BCUT2D eigenvalue weighted by atomic mass is 9.98. The molecule has 0 radical (unpaired) electrons. The van der Waals surface area contributed by atoms with Crippen LogP contribution in [0.2, 0.25) is 0 Å². The summed E-state index contributed by atoms with van der Waals surface area (Å²) >= 11 is 0. The smallest absolute Gasteiger partial charge is 0.274 e. The summed E-state index contributed by atoms with van der Waals surface area (Å²) in [6.07, 6.45) is 3.65. The minimum absolute atomic E-state index is 0.00200. The lowest BCUT2D eigenvalue weighted by Crippen LogP contribution is -2.45. The van der Waals surface area contributed by atoms with Gasteiger partial charge in [-0.15, -0.1) is 0 Å². The monoisotopic (exact) mass is 314 g/mol. The average molecular weight is 314 g/mol.